The molecule has 204 valence electrons. The van der Waals surface area contributed by atoms with E-state index in [1.807, 2.05) is 42.5 Å². The maximum absolute atomic E-state index is 13.5. The zero-order chi connectivity index (χ0) is 27.2. The molecule has 39 heavy (non-hydrogen) atoms. The van der Waals surface area contributed by atoms with E-state index in [1.165, 1.54) is 19.3 Å². The van der Waals surface area contributed by atoms with Gasteiger partial charge in [-0.15, -0.1) is 0 Å². The number of ether oxygens (including phenoxy) is 1. The number of para-hydroxylation sites is 1. The van der Waals surface area contributed by atoms with E-state index < -0.39 is 0 Å². The van der Waals surface area contributed by atoms with E-state index in [9.17, 15) is 4.79 Å². The van der Waals surface area contributed by atoms with E-state index in [1.54, 1.807) is 14.2 Å². The van der Waals surface area contributed by atoms with Crippen molar-refractivity contribution in [2.24, 2.45) is 4.99 Å². The lowest BCUT2D eigenvalue weighted by Crippen LogP contribution is -2.42. The first-order valence-electron chi connectivity index (χ1n) is 13.9. The number of guanidine groups is 1. The summed E-state index contributed by atoms with van der Waals surface area (Å²) in [6.07, 6.45) is 5.89. The van der Waals surface area contributed by atoms with Gasteiger partial charge < -0.3 is 14.5 Å². The largest absolute Gasteiger partial charge is 0.496 e. The molecule has 0 saturated heterocycles. The van der Waals surface area contributed by atoms with Gasteiger partial charge in [-0.2, -0.15) is 0 Å². The molecule has 7 heteroatoms. The quantitative estimate of drug-likeness (QED) is 0.349. The van der Waals surface area contributed by atoms with Crippen molar-refractivity contribution in [1.82, 2.24) is 15.3 Å². The number of benzene rings is 3. The van der Waals surface area contributed by atoms with Crippen molar-refractivity contribution in [3.05, 3.63) is 83.4 Å². The van der Waals surface area contributed by atoms with Crippen LogP contribution in [0.4, 0.5) is 5.69 Å². The SMILES string of the molecule is CCN(C(=O)c1cccc(CN2Cc3cc(-c4ccccc4OC)ccc3N=C2NOC)c1)C1CCCCC1. The number of carbonyl (C=O) groups is 1. The predicted octanol–water partition coefficient (Wildman–Crippen LogP) is 6.31. The summed E-state index contributed by atoms with van der Waals surface area (Å²) in [5.74, 6) is 1.61. The van der Waals surface area contributed by atoms with E-state index in [0.717, 1.165) is 58.6 Å². The van der Waals surface area contributed by atoms with Crippen LogP contribution in [0.2, 0.25) is 0 Å². The highest BCUT2D eigenvalue weighted by Gasteiger charge is 2.26. The second-order valence-electron chi connectivity index (χ2n) is 10.2. The number of hydrogen-bond acceptors (Lipinski definition) is 6. The first kappa shape index (κ1) is 26.8. The fraction of sp³-hybridized carbons (Fsp3) is 0.375. The van der Waals surface area contributed by atoms with Crippen LogP contribution in [0.3, 0.4) is 0 Å². The van der Waals surface area contributed by atoms with Gasteiger partial charge in [0.2, 0.25) is 5.96 Å². The monoisotopic (exact) mass is 526 g/mol. The molecule has 1 aliphatic carbocycles. The van der Waals surface area contributed by atoms with Gasteiger partial charge in [0.15, 0.2) is 0 Å². The molecule has 2 aliphatic rings. The number of rotatable bonds is 8. The average Bonchev–Trinajstić information content (AvgIpc) is 2.98. The van der Waals surface area contributed by atoms with Crippen molar-refractivity contribution in [2.45, 2.75) is 58.2 Å². The van der Waals surface area contributed by atoms with Gasteiger partial charge in [0.25, 0.3) is 5.91 Å². The standard InChI is InChI=1S/C32H38N4O3/c1-4-36(27-13-6-5-7-14-27)31(37)25-12-10-11-23(19-25)21-35-22-26-20-24(28-15-8-9-16-30(28)38-2)17-18-29(26)33-32(35)34-39-3/h8-12,15-20,27H,4-7,13-14,21-22H2,1-3H3,(H,33,34). The van der Waals surface area contributed by atoms with Crippen molar-refractivity contribution in [3.8, 4) is 16.9 Å². The molecule has 1 saturated carbocycles. The molecule has 0 bridgehead atoms. The summed E-state index contributed by atoms with van der Waals surface area (Å²) in [6.45, 7) is 4.05. The summed E-state index contributed by atoms with van der Waals surface area (Å²) in [7, 11) is 3.28. The number of hydrogen-bond donors (Lipinski definition) is 1. The first-order chi connectivity index (χ1) is 19.1. The number of aliphatic imine (C=N–C) groups is 1. The van der Waals surface area contributed by atoms with Crippen LogP contribution in [-0.2, 0) is 17.9 Å². The molecule has 3 aromatic rings. The van der Waals surface area contributed by atoms with Gasteiger partial charge in [-0.05, 0) is 66.8 Å². The molecule has 1 fully saturated rings. The fourth-order valence-electron chi connectivity index (χ4n) is 5.80. The average molecular weight is 527 g/mol. The summed E-state index contributed by atoms with van der Waals surface area (Å²) in [5.41, 5.74) is 8.89. The minimum absolute atomic E-state index is 0.126. The minimum Gasteiger partial charge on any atom is -0.496 e. The zero-order valence-corrected chi connectivity index (χ0v) is 23.2. The van der Waals surface area contributed by atoms with E-state index >= 15 is 0 Å². The Kier molecular flexibility index (Phi) is 8.47. The number of nitrogens with zero attached hydrogens (tertiary/aromatic N) is 3. The number of hydroxylamine groups is 1. The lowest BCUT2D eigenvalue weighted by molar-refractivity contribution is 0.0647. The molecule has 1 N–H and O–H groups in total. The molecule has 7 nitrogen and oxygen atoms in total. The molecule has 1 heterocycles. The molecule has 0 spiro atoms. The van der Waals surface area contributed by atoms with Gasteiger partial charge >= 0.3 is 0 Å². The second kappa shape index (κ2) is 12.3. The molecule has 0 atom stereocenters. The summed E-state index contributed by atoms with van der Waals surface area (Å²) in [6, 6.07) is 22.7. The summed E-state index contributed by atoms with van der Waals surface area (Å²) in [5, 5.41) is 0. The third kappa shape index (κ3) is 5.93. The lowest BCUT2D eigenvalue weighted by atomic mass is 9.93. The maximum Gasteiger partial charge on any atom is 0.254 e. The number of carbonyl (C=O) groups excluding carboxylic acids is 1. The fourth-order valence-corrected chi connectivity index (χ4v) is 5.80. The Labute approximate surface area is 231 Å². The summed E-state index contributed by atoms with van der Waals surface area (Å²) < 4.78 is 5.59. The maximum atomic E-state index is 13.5. The van der Waals surface area contributed by atoms with Crippen LogP contribution in [0.1, 0.15) is 60.5 Å². The van der Waals surface area contributed by atoms with E-state index in [2.05, 4.69) is 46.5 Å². The number of fused-ring (bicyclic) bond motifs is 1. The molecule has 1 aliphatic heterocycles. The molecule has 5 rings (SSSR count). The van der Waals surface area contributed by atoms with E-state index in [0.29, 0.717) is 25.1 Å². The number of methoxy groups -OCH3 is 1. The van der Waals surface area contributed by atoms with Crippen molar-refractivity contribution in [3.63, 3.8) is 0 Å². The van der Waals surface area contributed by atoms with Gasteiger partial charge in [0.05, 0.1) is 19.9 Å². The normalized spacial score (nSPS) is 15.4. The topological polar surface area (TPSA) is 66.4 Å². The molecular weight excluding hydrogens is 488 g/mol. The van der Waals surface area contributed by atoms with Crippen molar-refractivity contribution in [2.75, 3.05) is 20.8 Å². The van der Waals surface area contributed by atoms with Crippen LogP contribution in [0.15, 0.2) is 71.7 Å². The van der Waals surface area contributed by atoms with Crippen molar-refractivity contribution < 1.29 is 14.4 Å². The van der Waals surface area contributed by atoms with Crippen LogP contribution in [-0.4, -0.2) is 48.5 Å². The predicted molar refractivity (Wildman–Crippen MR) is 155 cm³/mol. The highest BCUT2D eigenvalue weighted by atomic mass is 16.6. The Morgan fingerprint density at radius 2 is 1.85 bits per heavy atom. The van der Waals surface area contributed by atoms with Gasteiger partial charge in [-0.25, -0.2) is 10.5 Å². The molecule has 3 aromatic carbocycles. The highest BCUT2D eigenvalue weighted by molar-refractivity contribution is 5.94. The Morgan fingerprint density at radius 3 is 2.62 bits per heavy atom. The Balaban J connectivity index is 1.38. The Morgan fingerprint density at radius 1 is 1.03 bits per heavy atom. The molecule has 0 unspecified atom stereocenters. The Bertz CT molecular complexity index is 1330. The van der Waals surface area contributed by atoms with E-state index in [4.69, 9.17) is 14.6 Å². The smallest absolute Gasteiger partial charge is 0.254 e. The van der Waals surface area contributed by atoms with Gasteiger partial charge in [0.1, 0.15) is 5.75 Å². The number of amides is 1. The van der Waals surface area contributed by atoms with Gasteiger partial charge in [-0.1, -0.05) is 55.7 Å². The minimum atomic E-state index is 0.126. The third-order valence-electron chi connectivity index (χ3n) is 7.74. The van der Waals surface area contributed by atoms with Crippen LogP contribution < -0.4 is 10.2 Å². The van der Waals surface area contributed by atoms with Crippen LogP contribution in [0.25, 0.3) is 11.1 Å². The summed E-state index contributed by atoms with van der Waals surface area (Å²) >= 11 is 0. The number of nitrogens with one attached hydrogen (secondary N) is 1. The van der Waals surface area contributed by atoms with Crippen LogP contribution >= 0.6 is 0 Å². The molecular formula is C32H38N4O3. The third-order valence-corrected chi connectivity index (χ3v) is 7.74. The second-order valence-corrected chi connectivity index (χ2v) is 10.2. The molecule has 0 aromatic heterocycles. The first-order valence-corrected chi connectivity index (χ1v) is 13.9. The van der Waals surface area contributed by atoms with Crippen molar-refractivity contribution in [1.29, 1.82) is 0 Å². The zero-order valence-electron chi connectivity index (χ0n) is 23.2. The lowest BCUT2D eigenvalue weighted by Gasteiger charge is -2.34. The van der Waals surface area contributed by atoms with Gasteiger partial charge in [-0.3, -0.25) is 9.63 Å². The van der Waals surface area contributed by atoms with Crippen LogP contribution in [0, 0.1) is 0 Å². The van der Waals surface area contributed by atoms with Gasteiger partial charge in [0, 0.05) is 36.8 Å². The van der Waals surface area contributed by atoms with E-state index in [-0.39, 0.29) is 5.91 Å². The Hall–Kier alpha value is -3.84. The highest BCUT2D eigenvalue weighted by Crippen LogP contribution is 2.35. The van der Waals surface area contributed by atoms with Crippen LogP contribution in [0.5, 0.6) is 5.75 Å². The summed E-state index contributed by atoms with van der Waals surface area (Å²) in [4.78, 5) is 27.8. The van der Waals surface area contributed by atoms with Crippen molar-refractivity contribution >= 4 is 17.6 Å². The molecule has 0 radical (unpaired) electrons. The molecule has 1 amide bonds.